The van der Waals surface area contributed by atoms with E-state index in [9.17, 15) is 0 Å². The van der Waals surface area contributed by atoms with E-state index in [4.69, 9.17) is 15.0 Å². The normalized spacial score (nSPS) is 14.4. The van der Waals surface area contributed by atoms with Gasteiger partial charge in [0.2, 0.25) is 5.95 Å². The third-order valence-corrected chi connectivity index (χ3v) is 8.88. The molecule has 3 heterocycles. The summed E-state index contributed by atoms with van der Waals surface area (Å²) in [5, 5.41) is 6.06. The predicted octanol–water partition coefficient (Wildman–Crippen LogP) is 7.85. The Hall–Kier alpha value is -5.81. The van der Waals surface area contributed by atoms with Crippen molar-refractivity contribution in [2.75, 3.05) is 0 Å². The largest absolute Gasteiger partial charge is 0.309 e. The van der Waals surface area contributed by atoms with Crippen LogP contribution in [0.5, 0.6) is 0 Å². The fourth-order valence-corrected chi connectivity index (χ4v) is 6.78. The van der Waals surface area contributed by atoms with E-state index in [-0.39, 0.29) is 0 Å². The molecule has 0 aliphatic heterocycles. The molecule has 8 aromatic rings. The van der Waals surface area contributed by atoms with Crippen LogP contribution in [0.15, 0.2) is 127 Å². The summed E-state index contributed by atoms with van der Waals surface area (Å²) in [5.41, 5.74) is 6.47. The lowest BCUT2D eigenvalue weighted by Crippen LogP contribution is -2.32. The van der Waals surface area contributed by atoms with Crippen molar-refractivity contribution in [3.05, 3.63) is 138 Å². The van der Waals surface area contributed by atoms with E-state index in [0.29, 0.717) is 23.5 Å². The quantitative estimate of drug-likeness (QED) is 0.213. The van der Waals surface area contributed by atoms with Crippen LogP contribution < -0.4 is 10.6 Å². The van der Waals surface area contributed by atoms with Crippen LogP contribution in [0.1, 0.15) is 13.3 Å². The van der Waals surface area contributed by atoms with Gasteiger partial charge in [-0.1, -0.05) is 116 Å². The molecule has 0 bridgehead atoms. The van der Waals surface area contributed by atoms with Crippen molar-refractivity contribution in [1.29, 1.82) is 0 Å². The molecule has 1 aliphatic rings. The molecule has 3 aromatic heterocycles. The molecular formula is C40H29N5. The Morgan fingerprint density at radius 1 is 0.556 bits per heavy atom. The predicted molar refractivity (Wildman–Crippen MR) is 184 cm³/mol. The molecule has 0 amide bonds. The SMILES string of the molecule is CC1C=c2c(c3cc4c5ccccc5n(-c5ccccc5)c4cc3n2-c2nc(-c3ccccc3)nc(-c3ccccc3)n2)=CC1. The highest BCUT2D eigenvalue weighted by Gasteiger charge is 2.21. The summed E-state index contributed by atoms with van der Waals surface area (Å²) in [6.07, 6.45) is 5.76. The first-order valence-electron chi connectivity index (χ1n) is 15.5. The zero-order chi connectivity index (χ0) is 29.9. The lowest BCUT2D eigenvalue weighted by atomic mass is 10.0. The number of aromatic nitrogens is 5. The summed E-state index contributed by atoms with van der Waals surface area (Å²) in [4.78, 5) is 15.3. The van der Waals surface area contributed by atoms with Gasteiger partial charge < -0.3 is 4.57 Å². The lowest BCUT2D eigenvalue weighted by Gasteiger charge is -2.12. The molecule has 0 fully saturated rings. The minimum atomic E-state index is 0.401. The van der Waals surface area contributed by atoms with E-state index in [1.54, 1.807) is 0 Å². The Morgan fingerprint density at radius 3 is 1.84 bits per heavy atom. The van der Waals surface area contributed by atoms with Gasteiger partial charge in [0.1, 0.15) is 0 Å². The summed E-state index contributed by atoms with van der Waals surface area (Å²) < 4.78 is 4.62. The van der Waals surface area contributed by atoms with Gasteiger partial charge in [-0.3, -0.25) is 4.57 Å². The molecule has 5 aromatic carbocycles. The standard InChI is InChI=1S/C40H29N5/c1-26-21-22-31-33-24-32-30-19-11-12-20-34(30)44(29-17-9-4-10-18-29)36(32)25-37(33)45(35(31)23-26)40-42-38(27-13-5-2-6-14-27)41-39(43-40)28-15-7-3-8-16-28/h2-20,22-26H,21H2,1H3. The summed E-state index contributed by atoms with van der Waals surface area (Å²) in [6.45, 7) is 2.27. The zero-order valence-corrected chi connectivity index (χ0v) is 24.8. The molecule has 45 heavy (non-hydrogen) atoms. The van der Waals surface area contributed by atoms with Gasteiger partial charge in [-0.15, -0.1) is 0 Å². The molecule has 9 rings (SSSR count). The van der Waals surface area contributed by atoms with Gasteiger partial charge in [-0.2, -0.15) is 9.97 Å². The Kier molecular flexibility index (Phi) is 5.78. The maximum absolute atomic E-state index is 5.16. The number of para-hydroxylation sites is 2. The van der Waals surface area contributed by atoms with E-state index in [1.807, 2.05) is 36.4 Å². The Morgan fingerprint density at radius 2 is 1.16 bits per heavy atom. The van der Waals surface area contributed by atoms with Crippen molar-refractivity contribution in [1.82, 2.24) is 24.1 Å². The number of benzene rings is 5. The highest BCUT2D eigenvalue weighted by Crippen LogP contribution is 2.35. The zero-order valence-electron chi connectivity index (χ0n) is 24.8. The summed E-state index contributed by atoms with van der Waals surface area (Å²) in [5.74, 6) is 2.33. The van der Waals surface area contributed by atoms with Crippen LogP contribution in [-0.2, 0) is 0 Å². The molecule has 0 spiro atoms. The molecule has 1 unspecified atom stereocenters. The minimum Gasteiger partial charge on any atom is -0.309 e. The number of nitrogens with zero attached hydrogens (tertiary/aromatic N) is 5. The lowest BCUT2D eigenvalue weighted by molar-refractivity contribution is 0.787. The van der Waals surface area contributed by atoms with Gasteiger partial charge in [-0.25, -0.2) is 4.98 Å². The monoisotopic (exact) mass is 579 g/mol. The van der Waals surface area contributed by atoms with Crippen molar-refractivity contribution < 1.29 is 0 Å². The van der Waals surface area contributed by atoms with Crippen molar-refractivity contribution in [3.63, 3.8) is 0 Å². The third kappa shape index (κ3) is 4.12. The maximum atomic E-state index is 5.16. The van der Waals surface area contributed by atoms with Crippen molar-refractivity contribution in [2.45, 2.75) is 13.3 Å². The second kappa shape index (κ2) is 10.1. The average Bonchev–Trinajstić information content (AvgIpc) is 3.59. The van der Waals surface area contributed by atoms with Gasteiger partial charge >= 0.3 is 0 Å². The van der Waals surface area contributed by atoms with Crippen LogP contribution in [0.2, 0.25) is 0 Å². The minimum absolute atomic E-state index is 0.401. The highest BCUT2D eigenvalue weighted by molar-refractivity contribution is 6.13. The second-order valence-electron chi connectivity index (χ2n) is 11.8. The molecule has 0 saturated carbocycles. The van der Waals surface area contributed by atoms with Crippen LogP contribution in [0.3, 0.4) is 0 Å². The van der Waals surface area contributed by atoms with E-state index >= 15 is 0 Å². The maximum Gasteiger partial charge on any atom is 0.238 e. The third-order valence-electron chi connectivity index (χ3n) is 8.88. The molecule has 1 atom stereocenters. The van der Waals surface area contributed by atoms with Gasteiger partial charge in [-0.05, 0) is 42.7 Å². The van der Waals surface area contributed by atoms with Crippen LogP contribution in [0.25, 0.3) is 79.3 Å². The molecular weight excluding hydrogens is 550 g/mol. The number of rotatable bonds is 4. The Balaban J connectivity index is 1.42. The molecule has 5 nitrogen and oxygen atoms in total. The molecule has 0 radical (unpaired) electrons. The summed E-state index contributed by atoms with van der Waals surface area (Å²) >= 11 is 0. The second-order valence-corrected chi connectivity index (χ2v) is 11.8. The fourth-order valence-electron chi connectivity index (χ4n) is 6.78. The first-order chi connectivity index (χ1) is 22.2. The fraction of sp³-hybridized carbons (Fsp3) is 0.0750. The average molecular weight is 580 g/mol. The molecule has 0 saturated heterocycles. The van der Waals surface area contributed by atoms with Gasteiger partial charge in [0, 0.05) is 38.2 Å². The number of hydrogen-bond donors (Lipinski definition) is 0. The van der Waals surface area contributed by atoms with Gasteiger partial charge in [0.15, 0.2) is 11.6 Å². The summed E-state index contributed by atoms with van der Waals surface area (Å²) in [6, 6.07) is 44.4. The highest BCUT2D eigenvalue weighted by atomic mass is 15.2. The Bertz CT molecular complexity index is 2450. The van der Waals surface area contributed by atoms with Crippen LogP contribution in [0.4, 0.5) is 0 Å². The topological polar surface area (TPSA) is 48.5 Å². The van der Waals surface area contributed by atoms with E-state index < -0.39 is 0 Å². The molecule has 0 N–H and O–H groups in total. The van der Waals surface area contributed by atoms with Crippen molar-refractivity contribution in [2.24, 2.45) is 5.92 Å². The van der Waals surface area contributed by atoms with Crippen LogP contribution in [-0.4, -0.2) is 24.1 Å². The molecule has 1 aliphatic carbocycles. The summed E-state index contributed by atoms with van der Waals surface area (Å²) in [7, 11) is 0. The van der Waals surface area contributed by atoms with Gasteiger partial charge in [0.25, 0.3) is 0 Å². The van der Waals surface area contributed by atoms with Gasteiger partial charge in [0.05, 0.1) is 21.9 Å². The number of hydrogen-bond acceptors (Lipinski definition) is 3. The molecule has 5 heteroatoms. The van der Waals surface area contributed by atoms with Crippen molar-refractivity contribution in [3.8, 4) is 34.4 Å². The van der Waals surface area contributed by atoms with Crippen molar-refractivity contribution >= 4 is 44.9 Å². The van der Waals surface area contributed by atoms with E-state index in [0.717, 1.165) is 39.6 Å². The smallest absolute Gasteiger partial charge is 0.238 e. The number of fused-ring (bicyclic) bond motifs is 6. The van der Waals surface area contributed by atoms with Crippen LogP contribution >= 0.6 is 0 Å². The van der Waals surface area contributed by atoms with Crippen LogP contribution in [0, 0.1) is 5.92 Å². The van der Waals surface area contributed by atoms with E-state index in [2.05, 4.69) is 119 Å². The molecule has 214 valence electrons. The first-order valence-corrected chi connectivity index (χ1v) is 15.5. The van der Waals surface area contributed by atoms with E-state index in [1.165, 1.54) is 26.9 Å². The first kappa shape index (κ1) is 25.7. The Labute approximate surface area is 260 Å².